The van der Waals surface area contributed by atoms with E-state index in [4.69, 9.17) is 11.8 Å². The Balaban J connectivity index is 0.000000706. The topological polar surface area (TPSA) is 49.6 Å². The Hall–Kier alpha value is -2.50. The fraction of sp³-hybridized carbons (Fsp3) is 0. The molecule has 3 nitrogen and oxygen atoms in total. The van der Waals surface area contributed by atoms with E-state index in [0.717, 1.165) is 22.6 Å². The van der Waals surface area contributed by atoms with E-state index < -0.39 is 0 Å². The Morgan fingerprint density at radius 3 is 2.19 bits per heavy atom. The van der Waals surface area contributed by atoms with Crippen LogP contribution in [-0.4, -0.2) is 9.97 Å². The average Bonchev–Trinajstić information content (AvgIpc) is 2.58. The van der Waals surface area contributed by atoms with E-state index in [2.05, 4.69) is 16.0 Å². The molecule has 0 bridgehead atoms. The minimum absolute atomic E-state index is 0. The van der Waals surface area contributed by atoms with Gasteiger partial charge in [0, 0.05) is 6.20 Å². The van der Waals surface area contributed by atoms with Crippen LogP contribution in [0, 0.1) is 17.9 Å². The van der Waals surface area contributed by atoms with Gasteiger partial charge in [-0.3, -0.25) is 9.97 Å². The van der Waals surface area contributed by atoms with Gasteiger partial charge in [0.25, 0.3) is 0 Å². The molecule has 21 heavy (non-hydrogen) atoms. The van der Waals surface area contributed by atoms with Gasteiger partial charge >= 0.3 is 16.5 Å². The monoisotopic (exact) mass is 315 g/mol. The predicted molar refractivity (Wildman–Crippen MR) is 76.7 cm³/mol. The first-order valence-electron chi connectivity index (χ1n) is 6.01. The largest absolute Gasteiger partial charge is 2.00 e. The molecule has 0 atom stereocenters. The zero-order valence-corrected chi connectivity index (χ0v) is 12.0. The fourth-order valence-corrected chi connectivity index (χ4v) is 1.79. The fourth-order valence-electron chi connectivity index (χ4n) is 1.79. The Morgan fingerprint density at radius 1 is 0.810 bits per heavy atom. The third-order valence-electron chi connectivity index (χ3n) is 2.66. The Morgan fingerprint density at radius 2 is 1.52 bits per heavy atom. The third kappa shape index (κ3) is 4.24. The summed E-state index contributed by atoms with van der Waals surface area (Å²) < 4.78 is 0. The molecular weight excluding hydrogens is 305 g/mol. The molecule has 0 radical (unpaired) electrons. The molecule has 0 saturated carbocycles. The summed E-state index contributed by atoms with van der Waals surface area (Å²) in [6, 6.07) is 22.8. The van der Waals surface area contributed by atoms with Gasteiger partial charge in [0.15, 0.2) is 0 Å². The van der Waals surface area contributed by atoms with Crippen LogP contribution in [-0.2, 0) is 16.5 Å². The van der Waals surface area contributed by atoms with E-state index in [1.54, 1.807) is 6.20 Å². The van der Waals surface area contributed by atoms with Crippen molar-refractivity contribution in [2.75, 3.05) is 0 Å². The van der Waals surface area contributed by atoms with Crippen molar-refractivity contribution in [2.24, 2.45) is 0 Å². The summed E-state index contributed by atoms with van der Waals surface area (Å²) >= 11 is 0. The van der Waals surface area contributed by atoms with Gasteiger partial charge in [0.05, 0.1) is 11.4 Å². The van der Waals surface area contributed by atoms with Gasteiger partial charge in [-0.1, -0.05) is 18.2 Å². The summed E-state index contributed by atoms with van der Waals surface area (Å²) in [6.07, 6.45) is 1.78. The van der Waals surface area contributed by atoms with Crippen molar-refractivity contribution in [3.63, 3.8) is 0 Å². The minimum atomic E-state index is 0. The number of pyridine rings is 2. The number of hydrogen-bond acceptors (Lipinski definition) is 3. The van der Waals surface area contributed by atoms with Crippen molar-refractivity contribution < 1.29 is 16.5 Å². The molecule has 0 fully saturated rings. The smallest absolute Gasteiger partial charge is 0.512 e. The van der Waals surface area contributed by atoms with Gasteiger partial charge in [-0.05, 0) is 23.9 Å². The molecule has 0 unspecified atom stereocenters. The zero-order chi connectivity index (χ0) is 14.2. The maximum Gasteiger partial charge on any atom is 2.00 e. The van der Waals surface area contributed by atoms with E-state index in [0.29, 0.717) is 0 Å². The van der Waals surface area contributed by atoms with Crippen LogP contribution in [0.4, 0.5) is 0 Å². The van der Waals surface area contributed by atoms with Crippen molar-refractivity contribution >= 4 is 0 Å². The SMILES string of the molecule is [C-]#N.[Ni+2].[c-]1ccccc1-c1cccc(-c2ccccn2)n1. The van der Waals surface area contributed by atoms with Crippen LogP contribution in [0.3, 0.4) is 0 Å². The van der Waals surface area contributed by atoms with Crippen molar-refractivity contribution in [2.45, 2.75) is 0 Å². The minimum Gasteiger partial charge on any atom is -0.512 e. The molecular formula is C17H11N3Ni. The van der Waals surface area contributed by atoms with Gasteiger partial charge in [-0.25, -0.2) is 0 Å². The van der Waals surface area contributed by atoms with Gasteiger partial charge in [0.1, 0.15) is 0 Å². The van der Waals surface area contributed by atoms with Gasteiger partial charge < -0.3 is 11.8 Å². The first-order chi connectivity index (χ1) is 9.93. The molecule has 3 rings (SSSR count). The standard InChI is InChI=1S/C16H11N2.CN.Ni/c1-2-7-13(8-3-1)14-10-6-11-16(18-14)15-9-4-5-12-17-15;1-2;/h1-7,9-12H;;/q2*-1;+2. The molecule has 1 aromatic carbocycles. The summed E-state index contributed by atoms with van der Waals surface area (Å²) in [6.45, 7) is 4.75. The van der Waals surface area contributed by atoms with Gasteiger partial charge in [0.2, 0.25) is 0 Å². The van der Waals surface area contributed by atoms with Crippen molar-refractivity contribution in [3.05, 3.63) is 79.5 Å². The zero-order valence-electron chi connectivity index (χ0n) is 11.0. The number of aromatic nitrogens is 2. The van der Waals surface area contributed by atoms with Crippen LogP contribution in [0.5, 0.6) is 0 Å². The molecule has 0 aliphatic carbocycles. The first kappa shape index (κ1) is 16.6. The quantitative estimate of drug-likeness (QED) is 0.535. The van der Waals surface area contributed by atoms with Crippen LogP contribution >= 0.6 is 0 Å². The van der Waals surface area contributed by atoms with Crippen molar-refractivity contribution in [1.29, 1.82) is 5.26 Å². The second kappa shape index (κ2) is 8.63. The Labute approximate surface area is 134 Å². The number of nitrogens with zero attached hydrogens (tertiary/aromatic N) is 3. The molecule has 0 aliphatic rings. The molecule has 0 aliphatic heterocycles. The summed E-state index contributed by atoms with van der Waals surface area (Å²) in [5, 5.41) is 6.25. The van der Waals surface area contributed by atoms with Crippen LogP contribution in [0.25, 0.3) is 22.6 Å². The summed E-state index contributed by atoms with van der Waals surface area (Å²) in [5.41, 5.74) is 3.68. The molecule has 2 heterocycles. The average molecular weight is 316 g/mol. The van der Waals surface area contributed by atoms with Gasteiger partial charge in [-0.2, -0.15) is 0 Å². The molecule has 0 saturated heterocycles. The van der Waals surface area contributed by atoms with Crippen LogP contribution < -0.4 is 0 Å². The first-order valence-corrected chi connectivity index (χ1v) is 6.01. The van der Waals surface area contributed by atoms with Crippen molar-refractivity contribution in [3.8, 4) is 22.6 Å². The molecule has 0 N–H and O–H groups in total. The third-order valence-corrected chi connectivity index (χ3v) is 2.66. The van der Waals surface area contributed by atoms with E-state index in [1.165, 1.54) is 0 Å². The van der Waals surface area contributed by atoms with Crippen molar-refractivity contribution in [1.82, 2.24) is 9.97 Å². The number of benzene rings is 1. The van der Waals surface area contributed by atoms with E-state index >= 15 is 0 Å². The normalized spacial score (nSPS) is 8.86. The summed E-state index contributed by atoms with van der Waals surface area (Å²) in [4.78, 5) is 8.93. The maximum absolute atomic E-state index is 6.25. The number of hydrogen-bond donors (Lipinski definition) is 0. The second-order valence-corrected chi connectivity index (χ2v) is 3.90. The Kier molecular flexibility index (Phi) is 6.80. The van der Waals surface area contributed by atoms with Crippen LogP contribution in [0.15, 0.2) is 66.9 Å². The predicted octanol–water partition coefficient (Wildman–Crippen LogP) is 3.70. The molecule has 0 spiro atoms. The van der Waals surface area contributed by atoms with Crippen LogP contribution in [0.1, 0.15) is 0 Å². The van der Waals surface area contributed by atoms with E-state index in [1.807, 2.05) is 60.7 Å². The van der Waals surface area contributed by atoms with E-state index in [9.17, 15) is 0 Å². The number of rotatable bonds is 2. The van der Waals surface area contributed by atoms with Crippen LogP contribution in [0.2, 0.25) is 0 Å². The summed E-state index contributed by atoms with van der Waals surface area (Å²) in [7, 11) is 0. The second-order valence-electron chi connectivity index (χ2n) is 3.90. The Bertz CT molecular complexity index is 627. The van der Waals surface area contributed by atoms with E-state index in [-0.39, 0.29) is 16.5 Å². The molecule has 0 amide bonds. The molecule has 104 valence electrons. The maximum atomic E-state index is 6.25. The van der Waals surface area contributed by atoms with Gasteiger partial charge in [-0.15, -0.1) is 35.9 Å². The molecule has 4 heteroatoms. The summed E-state index contributed by atoms with van der Waals surface area (Å²) in [5.74, 6) is 0. The molecule has 3 aromatic rings. The molecule has 2 aromatic heterocycles.